The predicted octanol–water partition coefficient (Wildman–Crippen LogP) is 0.761. The molecule has 8 heteroatoms. The van der Waals surface area contributed by atoms with Crippen molar-refractivity contribution in [1.29, 1.82) is 0 Å². The SMILES string of the molecule is Cc1c(CNS(=O)(=O)c2csc(CO)c2)cnn1C. The van der Waals surface area contributed by atoms with Crippen molar-refractivity contribution in [3.8, 4) is 0 Å². The molecule has 0 saturated heterocycles. The monoisotopic (exact) mass is 301 g/mol. The highest BCUT2D eigenvalue weighted by atomic mass is 32.2. The van der Waals surface area contributed by atoms with Crippen LogP contribution in [0.1, 0.15) is 16.1 Å². The predicted molar refractivity (Wildman–Crippen MR) is 72.2 cm³/mol. The molecule has 0 aliphatic rings. The van der Waals surface area contributed by atoms with Crippen LogP contribution < -0.4 is 4.72 Å². The number of thiophene rings is 1. The zero-order valence-electron chi connectivity index (χ0n) is 10.6. The van der Waals surface area contributed by atoms with Gasteiger partial charge in [0.1, 0.15) is 0 Å². The number of sulfonamides is 1. The number of aromatic nitrogens is 2. The lowest BCUT2D eigenvalue weighted by Gasteiger charge is -2.04. The number of hydrogen-bond acceptors (Lipinski definition) is 5. The first-order valence-electron chi connectivity index (χ1n) is 5.59. The van der Waals surface area contributed by atoms with Gasteiger partial charge in [-0.15, -0.1) is 11.3 Å². The molecular formula is C11H15N3O3S2. The molecule has 0 bridgehead atoms. The molecule has 0 spiro atoms. The molecule has 104 valence electrons. The van der Waals surface area contributed by atoms with Gasteiger partial charge in [0.25, 0.3) is 0 Å². The Labute approximate surface area is 115 Å². The van der Waals surface area contributed by atoms with Crippen LogP contribution in [-0.4, -0.2) is 23.3 Å². The molecule has 2 rings (SSSR count). The lowest BCUT2D eigenvalue weighted by molar-refractivity contribution is 0.285. The second-order valence-electron chi connectivity index (χ2n) is 4.11. The quantitative estimate of drug-likeness (QED) is 0.854. The average Bonchev–Trinajstić information content (AvgIpc) is 2.97. The third kappa shape index (κ3) is 3.03. The zero-order valence-corrected chi connectivity index (χ0v) is 12.3. The molecular weight excluding hydrogens is 286 g/mol. The highest BCUT2D eigenvalue weighted by Crippen LogP contribution is 2.19. The van der Waals surface area contributed by atoms with Crippen molar-refractivity contribution in [2.24, 2.45) is 7.05 Å². The second-order valence-corrected chi connectivity index (χ2v) is 6.87. The van der Waals surface area contributed by atoms with Crippen molar-refractivity contribution < 1.29 is 13.5 Å². The van der Waals surface area contributed by atoms with Crippen molar-refractivity contribution in [2.45, 2.75) is 25.0 Å². The summed E-state index contributed by atoms with van der Waals surface area (Å²) in [6, 6.07) is 1.48. The summed E-state index contributed by atoms with van der Waals surface area (Å²) >= 11 is 1.22. The van der Waals surface area contributed by atoms with Gasteiger partial charge in [-0.25, -0.2) is 13.1 Å². The Kier molecular flexibility index (Phi) is 4.04. The summed E-state index contributed by atoms with van der Waals surface area (Å²) in [4.78, 5) is 0.807. The van der Waals surface area contributed by atoms with Gasteiger partial charge in [-0.1, -0.05) is 0 Å². The molecule has 6 nitrogen and oxygen atoms in total. The van der Waals surface area contributed by atoms with E-state index in [0.717, 1.165) is 11.3 Å². The van der Waals surface area contributed by atoms with E-state index in [0.29, 0.717) is 4.88 Å². The van der Waals surface area contributed by atoms with Gasteiger partial charge >= 0.3 is 0 Å². The first-order valence-corrected chi connectivity index (χ1v) is 7.95. The van der Waals surface area contributed by atoms with E-state index in [9.17, 15) is 8.42 Å². The molecule has 0 aromatic carbocycles. The summed E-state index contributed by atoms with van der Waals surface area (Å²) in [5.41, 5.74) is 1.76. The van der Waals surface area contributed by atoms with Gasteiger partial charge in [-0.05, 0) is 13.0 Å². The Balaban J connectivity index is 2.11. The molecule has 0 atom stereocenters. The van der Waals surface area contributed by atoms with Crippen LogP contribution in [0.25, 0.3) is 0 Å². The highest BCUT2D eigenvalue weighted by molar-refractivity contribution is 7.89. The molecule has 0 fully saturated rings. The Morgan fingerprint density at radius 1 is 1.53 bits per heavy atom. The van der Waals surface area contributed by atoms with Crippen molar-refractivity contribution in [3.05, 3.63) is 33.8 Å². The minimum atomic E-state index is -3.54. The maximum atomic E-state index is 12.0. The first kappa shape index (κ1) is 14.2. The van der Waals surface area contributed by atoms with E-state index >= 15 is 0 Å². The summed E-state index contributed by atoms with van der Waals surface area (Å²) in [6.07, 6.45) is 1.64. The fourth-order valence-electron chi connectivity index (χ4n) is 1.56. The van der Waals surface area contributed by atoms with E-state index in [1.54, 1.807) is 17.9 Å². The van der Waals surface area contributed by atoms with E-state index in [-0.39, 0.29) is 18.0 Å². The van der Waals surface area contributed by atoms with Gasteiger partial charge in [-0.3, -0.25) is 4.68 Å². The van der Waals surface area contributed by atoms with Gasteiger partial charge < -0.3 is 5.11 Å². The molecule has 2 N–H and O–H groups in total. The van der Waals surface area contributed by atoms with Crippen LogP contribution in [0.5, 0.6) is 0 Å². The van der Waals surface area contributed by atoms with Crippen LogP contribution in [0.2, 0.25) is 0 Å². The Morgan fingerprint density at radius 3 is 2.79 bits per heavy atom. The van der Waals surface area contributed by atoms with Gasteiger partial charge in [0, 0.05) is 35.1 Å². The van der Waals surface area contributed by atoms with Gasteiger partial charge in [0.2, 0.25) is 10.0 Å². The van der Waals surface area contributed by atoms with Crippen LogP contribution in [0, 0.1) is 6.92 Å². The van der Waals surface area contributed by atoms with E-state index in [1.807, 2.05) is 6.92 Å². The zero-order chi connectivity index (χ0) is 14.0. The summed E-state index contributed by atoms with van der Waals surface area (Å²) in [5, 5.41) is 14.5. The molecule has 19 heavy (non-hydrogen) atoms. The summed E-state index contributed by atoms with van der Waals surface area (Å²) in [6.45, 7) is 1.93. The van der Waals surface area contributed by atoms with E-state index in [4.69, 9.17) is 5.11 Å². The fraction of sp³-hybridized carbons (Fsp3) is 0.364. The Hall–Kier alpha value is -1.22. The van der Waals surface area contributed by atoms with E-state index < -0.39 is 10.0 Å². The third-order valence-electron chi connectivity index (χ3n) is 2.89. The molecule has 0 radical (unpaired) electrons. The summed E-state index contributed by atoms with van der Waals surface area (Å²) in [5.74, 6) is 0. The number of hydrogen-bond donors (Lipinski definition) is 2. The molecule has 0 saturated carbocycles. The van der Waals surface area contributed by atoms with Gasteiger partial charge in [0.15, 0.2) is 0 Å². The Bertz CT molecular complexity index is 673. The van der Waals surface area contributed by atoms with Crippen molar-refractivity contribution >= 4 is 21.4 Å². The van der Waals surface area contributed by atoms with E-state index in [1.165, 1.54) is 22.8 Å². The Morgan fingerprint density at radius 2 is 2.26 bits per heavy atom. The highest BCUT2D eigenvalue weighted by Gasteiger charge is 2.16. The van der Waals surface area contributed by atoms with Crippen LogP contribution in [0.4, 0.5) is 0 Å². The largest absolute Gasteiger partial charge is 0.391 e. The number of nitrogens with one attached hydrogen (secondary N) is 1. The summed E-state index contributed by atoms with van der Waals surface area (Å²) in [7, 11) is -1.74. The second kappa shape index (κ2) is 5.41. The molecule has 0 amide bonds. The van der Waals surface area contributed by atoms with Gasteiger partial charge in [-0.2, -0.15) is 5.10 Å². The normalized spacial score (nSPS) is 11.9. The molecule has 0 aliphatic heterocycles. The smallest absolute Gasteiger partial charge is 0.241 e. The van der Waals surface area contributed by atoms with Crippen molar-refractivity contribution in [3.63, 3.8) is 0 Å². The number of aryl methyl sites for hydroxylation is 1. The minimum Gasteiger partial charge on any atom is -0.391 e. The number of aliphatic hydroxyl groups excluding tert-OH is 1. The lowest BCUT2D eigenvalue weighted by atomic mass is 10.3. The maximum absolute atomic E-state index is 12.0. The standard InChI is InChI=1S/C11H15N3O3S2/c1-8-9(4-12-14(8)2)5-13-19(16,17)11-3-10(6-15)18-7-11/h3-4,7,13,15H,5-6H2,1-2H3. The first-order chi connectivity index (χ1) is 8.94. The third-order valence-corrected chi connectivity index (χ3v) is 5.34. The van der Waals surface area contributed by atoms with E-state index in [2.05, 4.69) is 9.82 Å². The maximum Gasteiger partial charge on any atom is 0.241 e. The lowest BCUT2D eigenvalue weighted by Crippen LogP contribution is -2.23. The molecule has 0 aliphatic carbocycles. The molecule has 2 heterocycles. The fourth-order valence-corrected chi connectivity index (χ4v) is 3.70. The van der Waals surface area contributed by atoms with Crippen LogP contribution >= 0.6 is 11.3 Å². The number of aliphatic hydroxyl groups is 1. The number of nitrogens with zero attached hydrogens (tertiary/aromatic N) is 2. The minimum absolute atomic E-state index is 0.151. The van der Waals surface area contributed by atoms with Crippen LogP contribution in [0.15, 0.2) is 22.5 Å². The van der Waals surface area contributed by atoms with Crippen LogP contribution in [0.3, 0.4) is 0 Å². The van der Waals surface area contributed by atoms with Crippen molar-refractivity contribution in [1.82, 2.24) is 14.5 Å². The average molecular weight is 301 g/mol. The molecule has 0 unspecified atom stereocenters. The molecule has 2 aromatic heterocycles. The molecule has 2 aromatic rings. The number of rotatable bonds is 5. The summed E-state index contributed by atoms with van der Waals surface area (Å²) < 4.78 is 28.3. The van der Waals surface area contributed by atoms with Crippen LogP contribution in [-0.2, 0) is 30.2 Å². The topological polar surface area (TPSA) is 84.2 Å². The van der Waals surface area contributed by atoms with Gasteiger partial charge in [0.05, 0.1) is 17.7 Å². The van der Waals surface area contributed by atoms with Crippen molar-refractivity contribution in [2.75, 3.05) is 0 Å².